The molecule has 176 valence electrons. The van der Waals surface area contributed by atoms with Crippen LogP contribution in [0.2, 0.25) is 0 Å². The molecule has 3 aromatic rings. The standard InChI is InChI=1S/C26H27N3O4S/c1-18-7-10-23(19(2)15-18)29-25(30)17-24(26(29)31)27-11-13-28(14-12-27)34(32,33)22-9-8-20-5-3-4-6-21(20)16-22/h3-10,15-16,24H,11-14,17H2,1-2H3/p+1/t24-/m1/s1. The topological polar surface area (TPSA) is 79.2 Å². The second kappa shape index (κ2) is 8.61. The molecule has 0 saturated carbocycles. The van der Waals surface area contributed by atoms with E-state index in [0.29, 0.717) is 31.9 Å². The maximum absolute atomic E-state index is 13.3. The zero-order valence-corrected chi connectivity index (χ0v) is 20.1. The highest BCUT2D eigenvalue weighted by Gasteiger charge is 2.47. The van der Waals surface area contributed by atoms with Crippen molar-refractivity contribution >= 4 is 38.3 Å². The summed E-state index contributed by atoms with van der Waals surface area (Å²) in [6, 6.07) is 18.1. The average molecular weight is 479 g/mol. The number of quaternary nitrogens is 1. The summed E-state index contributed by atoms with van der Waals surface area (Å²) >= 11 is 0. The Kier molecular flexibility index (Phi) is 5.75. The second-order valence-corrected chi connectivity index (χ2v) is 11.1. The number of imide groups is 1. The van der Waals surface area contributed by atoms with Crippen LogP contribution in [0.5, 0.6) is 0 Å². The maximum atomic E-state index is 13.3. The molecule has 0 bridgehead atoms. The van der Waals surface area contributed by atoms with Gasteiger partial charge < -0.3 is 4.90 Å². The first-order chi connectivity index (χ1) is 16.3. The molecule has 5 rings (SSSR count). The van der Waals surface area contributed by atoms with Gasteiger partial charge in [-0.05, 0) is 48.4 Å². The number of rotatable bonds is 4. The van der Waals surface area contributed by atoms with Gasteiger partial charge in [-0.15, -0.1) is 0 Å². The number of hydrogen-bond donors (Lipinski definition) is 1. The third-order valence-electron chi connectivity index (χ3n) is 6.96. The third-order valence-corrected chi connectivity index (χ3v) is 8.85. The fourth-order valence-corrected chi connectivity index (χ4v) is 6.58. The molecule has 3 aromatic carbocycles. The Labute approximate surface area is 199 Å². The summed E-state index contributed by atoms with van der Waals surface area (Å²) in [6.45, 7) is 5.47. The monoisotopic (exact) mass is 478 g/mol. The lowest BCUT2D eigenvalue weighted by molar-refractivity contribution is -0.918. The summed E-state index contributed by atoms with van der Waals surface area (Å²) in [7, 11) is -3.63. The Bertz CT molecular complexity index is 1390. The van der Waals surface area contributed by atoms with Crippen molar-refractivity contribution in [1.82, 2.24) is 4.31 Å². The van der Waals surface area contributed by atoms with E-state index in [1.807, 2.05) is 62.4 Å². The molecule has 2 aliphatic rings. The van der Waals surface area contributed by atoms with Crippen LogP contribution in [0.15, 0.2) is 65.6 Å². The van der Waals surface area contributed by atoms with Gasteiger partial charge in [0.1, 0.15) is 0 Å². The highest BCUT2D eigenvalue weighted by Crippen LogP contribution is 2.27. The molecule has 0 aromatic heterocycles. The summed E-state index contributed by atoms with van der Waals surface area (Å²) < 4.78 is 28.0. The molecule has 2 amide bonds. The second-order valence-electron chi connectivity index (χ2n) is 9.19. The van der Waals surface area contributed by atoms with Crippen LogP contribution in [0, 0.1) is 13.8 Å². The minimum atomic E-state index is -3.63. The van der Waals surface area contributed by atoms with Gasteiger partial charge in [-0.3, -0.25) is 9.59 Å². The molecule has 0 aliphatic carbocycles. The average Bonchev–Trinajstić information content (AvgIpc) is 3.12. The number of fused-ring (bicyclic) bond motifs is 1. The van der Waals surface area contributed by atoms with Crippen LogP contribution in [-0.2, 0) is 19.6 Å². The molecule has 1 atom stereocenters. The number of amides is 2. The van der Waals surface area contributed by atoms with Crippen molar-refractivity contribution in [2.24, 2.45) is 0 Å². The summed E-state index contributed by atoms with van der Waals surface area (Å²) in [5, 5.41) is 1.88. The normalized spacial score (nSPS) is 20.4. The van der Waals surface area contributed by atoms with Crippen molar-refractivity contribution in [3.8, 4) is 0 Å². The number of aryl methyl sites for hydroxylation is 2. The number of carbonyl (C=O) groups excluding carboxylic acids is 2. The van der Waals surface area contributed by atoms with E-state index in [4.69, 9.17) is 0 Å². The zero-order chi connectivity index (χ0) is 24.0. The van der Waals surface area contributed by atoms with E-state index in [2.05, 4.69) is 0 Å². The Balaban J connectivity index is 1.30. The van der Waals surface area contributed by atoms with Crippen molar-refractivity contribution in [2.75, 3.05) is 31.1 Å². The van der Waals surface area contributed by atoms with Crippen molar-refractivity contribution in [2.45, 2.75) is 31.2 Å². The van der Waals surface area contributed by atoms with E-state index in [1.165, 1.54) is 9.21 Å². The fourth-order valence-electron chi connectivity index (χ4n) is 5.10. The van der Waals surface area contributed by atoms with Gasteiger partial charge in [0.05, 0.1) is 43.2 Å². The smallest absolute Gasteiger partial charge is 0.292 e. The first kappa shape index (κ1) is 22.7. The van der Waals surface area contributed by atoms with E-state index >= 15 is 0 Å². The molecule has 2 aliphatic heterocycles. The molecule has 0 radical (unpaired) electrons. The Hall–Kier alpha value is -3.07. The van der Waals surface area contributed by atoms with Crippen LogP contribution in [0.1, 0.15) is 17.5 Å². The summed E-state index contributed by atoms with van der Waals surface area (Å²) in [4.78, 5) is 28.6. The lowest BCUT2D eigenvalue weighted by atomic mass is 10.1. The van der Waals surface area contributed by atoms with E-state index in [9.17, 15) is 18.0 Å². The van der Waals surface area contributed by atoms with Crippen LogP contribution < -0.4 is 9.80 Å². The predicted molar refractivity (Wildman–Crippen MR) is 130 cm³/mol. The summed E-state index contributed by atoms with van der Waals surface area (Å²) in [6.07, 6.45) is 0.152. The molecule has 2 fully saturated rings. The number of nitrogens with one attached hydrogen (secondary N) is 1. The molecule has 34 heavy (non-hydrogen) atoms. The first-order valence-electron chi connectivity index (χ1n) is 11.5. The van der Waals surface area contributed by atoms with Crippen molar-refractivity contribution in [1.29, 1.82) is 0 Å². The summed E-state index contributed by atoms with van der Waals surface area (Å²) in [5.74, 6) is -0.390. The van der Waals surface area contributed by atoms with Crippen LogP contribution in [-0.4, -0.2) is 56.8 Å². The minimum absolute atomic E-state index is 0.152. The van der Waals surface area contributed by atoms with Gasteiger partial charge >= 0.3 is 0 Å². The number of hydrogen-bond acceptors (Lipinski definition) is 4. The number of benzene rings is 3. The Morgan fingerprint density at radius 2 is 1.59 bits per heavy atom. The number of carbonyl (C=O) groups is 2. The highest BCUT2D eigenvalue weighted by atomic mass is 32.2. The molecule has 8 heteroatoms. The van der Waals surface area contributed by atoms with E-state index in [1.54, 1.807) is 12.1 Å². The molecule has 2 saturated heterocycles. The van der Waals surface area contributed by atoms with Crippen molar-refractivity contribution < 1.29 is 22.9 Å². The van der Waals surface area contributed by atoms with Gasteiger partial charge in [0.2, 0.25) is 15.9 Å². The maximum Gasteiger partial charge on any atom is 0.292 e. The molecule has 7 nitrogen and oxygen atoms in total. The van der Waals surface area contributed by atoms with Gasteiger partial charge in [0.15, 0.2) is 6.04 Å². The number of sulfonamides is 1. The molecule has 2 heterocycles. The van der Waals surface area contributed by atoms with Gasteiger partial charge in [0, 0.05) is 0 Å². The first-order valence-corrected chi connectivity index (χ1v) is 13.0. The molecular formula is C26H28N3O4S+. The lowest BCUT2D eigenvalue weighted by Gasteiger charge is -2.33. The quantitative estimate of drug-likeness (QED) is 0.579. The Morgan fingerprint density at radius 1 is 0.882 bits per heavy atom. The highest BCUT2D eigenvalue weighted by molar-refractivity contribution is 7.89. The third kappa shape index (κ3) is 3.91. The van der Waals surface area contributed by atoms with Crippen molar-refractivity contribution in [3.63, 3.8) is 0 Å². The van der Waals surface area contributed by atoms with E-state index < -0.39 is 16.1 Å². The summed E-state index contributed by atoms with van der Waals surface area (Å²) in [5.41, 5.74) is 2.61. The zero-order valence-electron chi connectivity index (χ0n) is 19.3. The largest absolute Gasteiger partial charge is 0.322 e. The van der Waals surface area contributed by atoms with Crippen LogP contribution in [0.4, 0.5) is 5.69 Å². The fraction of sp³-hybridized carbons (Fsp3) is 0.308. The molecule has 0 unspecified atom stereocenters. The number of nitrogens with zero attached hydrogens (tertiary/aromatic N) is 2. The van der Waals surface area contributed by atoms with Crippen LogP contribution >= 0.6 is 0 Å². The Morgan fingerprint density at radius 3 is 2.29 bits per heavy atom. The van der Waals surface area contributed by atoms with Crippen LogP contribution in [0.3, 0.4) is 0 Å². The molecule has 0 spiro atoms. The van der Waals surface area contributed by atoms with E-state index in [-0.39, 0.29) is 23.1 Å². The number of piperazine rings is 1. The van der Waals surface area contributed by atoms with Crippen molar-refractivity contribution in [3.05, 3.63) is 71.8 Å². The van der Waals surface area contributed by atoms with Crippen LogP contribution in [0.25, 0.3) is 10.8 Å². The molecular weight excluding hydrogens is 450 g/mol. The van der Waals surface area contributed by atoms with Gasteiger partial charge in [0.25, 0.3) is 5.91 Å². The minimum Gasteiger partial charge on any atom is -0.322 e. The lowest BCUT2D eigenvalue weighted by Crippen LogP contribution is -3.19. The molecule has 1 N–H and O–H groups in total. The van der Waals surface area contributed by atoms with Gasteiger partial charge in [-0.25, -0.2) is 13.3 Å². The SMILES string of the molecule is Cc1ccc(N2C(=O)C[C@@H]([NH+]3CCN(S(=O)(=O)c4ccc5ccccc5c4)CC3)C2=O)c(C)c1. The number of anilines is 1. The van der Waals surface area contributed by atoms with Gasteiger partial charge in [-0.1, -0.05) is 48.0 Å². The van der Waals surface area contributed by atoms with E-state index in [0.717, 1.165) is 26.8 Å². The predicted octanol–water partition coefficient (Wildman–Crippen LogP) is 1.68. The van der Waals surface area contributed by atoms with Gasteiger partial charge in [-0.2, -0.15) is 4.31 Å².